The van der Waals surface area contributed by atoms with Gasteiger partial charge in [0.25, 0.3) is 0 Å². The molecule has 0 aliphatic carbocycles. The minimum atomic E-state index is -1.32. The molecule has 96 valence electrons. The van der Waals surface area contributed by atoms with Crippen molar-refractivity contribution in [3.8, 4) is 11.5 Å². The number of carboxylic acid groups (broad SMARTS) is 1. The molecule has 2 heterocycles. The molecule has 0 aliphatic rings. The highest BCUT2D eigenvalue weighted by molar-refractivity contribution is 5.93. The first kappa shape index (κ1) is 11.4. The number of aromatic nitrogens is 4. The number of H-pyrrole nitrogens is 1. The van der Waals surface area contributed by atoms with Crippen LogP contribution >= 0.6 is 0 Å². The highest BCUT2D eigenvalue weighted by Crippen LogP contribution is 2.22. The third kappa shape index (κ3) is 1.75. The van der Waals surface area contributed by atoms with E-state index in [0.717, 1.165) is 11.8 Å². The molecule has 0 atom stereocenters. The number of aryl methyl sites for hydroxylation is 1. The van der Waals surface area contributed by atoms with Gasteiger partial charge in [-0.2, -0.15) is 5.10 Å². The molecule has 0 aliphatic heterocycles. The molecule has 0 amide bonds. The second kappa shape index (κ2) is 3.91. The van der Waals surface area contributed by atoms with Gasteiger partial charge in [-0.15, -0.1) is 0 Å². The van der Waals surface area contributed by atoms with Crippen LogP contribution in [0.25, 0.3) is 22.6 Å². The Morgan fingerprint density at radius 2 is 2.26 bits per heavy atom. The van der Waals surface area contributed by atoms with Crippen molar-refractivity contribution in [2.45, 2.75) is 0 Å². The molecular weight excluding hydrogens is 251 g/mol. The molecule has 0 bridgehead atoms. The first-order valence-corrected chi connectivity index (χ1v) is 5.47. The molecule has 0 unspecified atom stereocenters. The standard InChI is InChI=1S/C12H9FN4O2/c1-17-10(2-3-14-17)11-15-8-4-6(12(18)19)7(13)5-9(8)16-11/h2-5H,1H3,(H,15,16)(H,18,19). The Morgan fingerprint density at radius 3 is 2.89 bits per heavy atom. The van der Waals surface area contributed by atoms with E-state index in [1.165, 1.54) is 6.07 Å². The summed E-state index contributed by atoms with van der Waals surface area (Å²) in [6, 6.07) is 4.10. The van der Waals surface area contributed by atoms with Crippen LogP contribution in [-0.4, -0.2) is 30.8 Å². The first-order chi connectivity index (χ1) is 9.06. The number of fused-ring (bicyclic) bond motifs is 1. The molecule has 0 spiro atoms. The predicted octanol–water partition coefficient (Wildman–Crippen LogP) is 1.80. The maximum absolute atomic E-state index is 13.6. The number of nitrogens with zero attached hydrogens (tertiary/aromatic N) is 3. The van der Waals surface area contributed by atoms with E-state index in [-0.39, 0.29) is 0 Å². The van der Waals surface area contributed by atoms with E-state index >= 15 is 0 Å². The van der Waals surface area contributed by atoms with Crippen LogP contribution in [0.1, 0.15) is 10.4 Å². The summed E-state index contributed by atoms with van der Waals surface area (Å²) < 4.78 is 15.2. The topological polar surface area (TPSA) is 83.8 Å². The number of imidazole rings is 1. The second-order valence-corrected chi connectivity index (χ2v) is 4.08. The zero-order valence-corrected chi connectivity index (χ0v) is 9.88. The van der Waals surface area contributed by atoms with E-state index in [2.05, 4.69) is 15.1 Å². The monoisotopic (exact) mass is 260 g/mol. The number of aromatic amines is 1. The van der Waals surface area contributed by atoms with Gasteiger partial charge in [-0.05, 0) is 12.1 Å². The fourth-order valence-electron chi connectivity index (χ4n) is 1.92. The molecule has 3 rings (SSSR count). The van der Waals surface area contributed by atoms with E-state index in [1.807, 2.05) is 0 Å². The Hall–Kier alpha value is -2.70. The van der Waals surface area contributed by atoms with Crippen LogP contribution in [0.3, 0.4) is 0 Å². The van der Waals surface area contributed by atoms with Crippen molar-refractivity contribution in [1.29, 1.82) is 0 Å². The first-order valence-electron chi connectivity index (χ1n) is 5.47. The molecule has 19 heavy (non-hydrogen) atoms. The summed E-state index contributed by atoms with van der Waals surface area (Å²) in [5, 5.41) is 12.9. The number of benzene rings is 1. The zero-order valence-electron chi connectivity index (χ0n) is 9.88. The van der Waals surface area contributed by atoms with Gasteiger partial charge in [0.05, 0.1) is 16.6 Å². The van der Waals surface area contributed by atoms with Crippen LogP contribution in [0, 0.1) is 5.82 Å². The molecule has 2 N–H and O–H groups in total. The smallest absolute Gasteiger partial charge is 0.338 e. The number of carboxylic acids is 1. The summed E-state index contributed by atoms with van der Waals surface area (Å²) in [6.45, 7) is 0. The molecule has 0 radical (unpaired) electrons. The van der Waals surface area contributed by atoms with E-state index < -0.39 is 17.3 Å². The quantitative estimate of drug-likeness (QED) is 0.735. The number of aromatic carboxylic acids is 1. The van der Waals surface area contributed by atoms with Gasteiger partial charge in [0.15, 0.2) is 5.82 Å². The average Bonchev–Trinajstić information content (AvgIpc) is 2.92. The minimum Gasteiger partial charge on any atom is -0.478 e. The summed E-state index contributed by atoms with van der Waals surface area (Å²) in [6.07, 6.45) is 1.62. The highest BCUT2D eigenvalue weighted by atomic mass is 19.1. The largest absolute Gasteiger partial charge is 0.478 e. The number of hydrogen-bond acceptors (Lipinski definition) is 3. The summed E-state index contributed by atoms with van der Waals surface area (Å²) in [4.78, 5) is 18.1. The SMILES string of the molecule is Cn1nccc1-c1nc2cc(C(=O)O)c(F)cc2[nH]1. The van der Waals surface area contributed by atoms with Gasteiger partial charge in [-0.3, -0.25) is 4.68 Å². The lowest BCUT2D eigenvalue weighted by molar-refractivity contribution is 0.0692. The maximum atomic E-state index is 13.6. The van der Waals surface area contributed by atoms with Crippen LogP contribution in [0.4, 0.5) is 4.39 Å². The molecule has 2 aromatic heterocycles. The molecule has 1 aromatic carbocycles. The van der Waals surface area contributed by atoms with E-state index in [4.69, 9.17) is 5.11 Å². The molecule has 3 aromatic rings. The van der Waals surface area contributed by atoms with Gasteiger partial charge in [0.1, 0.15) is 11.5 Å². The second-order valence-electron chi connectivity index (χ2n) is 4.08. The molecule has 0 fully saturated rings. The van der Waals surface area contributed by atoms with Gasteiger partial charge in [0, 0.05) is 19.3 Å². The summed E-state index contributed by atoms with van der Waals surface area (Å²) in [7, 11) is 1.76. The lowest BCUT2D eigenvalue weighted by atomic mass is 10.2. The fourth-order valence-corrected chi connectivity index (χ4v) is 1.92. The third-order valence-electron chi connectivity index (χ3n) is 2.86. The molecule has 0 saturated carbocycles. The van der Waals surface area contributed by atoms with Crippen LogP contribution in [-0.2, 0) is 7.05 Å². The van der Waals surface area contributed by atoms with Crippen LogP contribution in [0.5, 0.6) is 0 Å². The van der Waals surface area contributed by atoms with Crippen molar-refractivity contribution in [1.82, 2.24) is 19.7 Å². The Balaban J connectivity index is 2.21. The van der Waals surface area contributed by atoms with Crippen molar-refractivity contribution in [3.05, 3.63) is 35.8 Å². The summed E-state index contributed by atoms with van der Waals surface area (Å²) >= 11 is 0. The highest BCUT2D eigenvalue weighted by Gasteiger charge is 2.15. The number of rotatable bonds is 2. The predicted molar refractivity (Wildman–Crippen MR) is 65.2 cm³/mol. The zero-order chi connectivity index (χ0) is 13.6. The number of carbonyl (C=O) groups is 1. The fraction of sp³-hybridized carbons (Fsp3) is 0.0833. The van der Waals surface area contributed by atoms with Crippen molar-refractivity contribution in [2.75, 3.05) is 0 Å². The maximum Gasteiger partial charge on any atom is 0.338 e. The van der Waals surface area contributed by atoms with Crippen LogP contribution in [0.2, 0.25) is 0 Å². The number of hydrogen-bond donors (Lipinski definition) is 2. The van der Waals surface area contributed by atoms with Gasteiger partial charge in [-0.25, -0.2) is 14.2 Å². The lowest BCUT2D eigenvalue weighted by Crippen LogP contribution is -1.99. The van der Waals surface area contributed by atoms with Gasteiger partial charge >= 0.3 is 5.97 Å². The van der Waals surface area contributed by atoms with Crippen molar-refractivity contribution < 1.29 is 14.3 Å². The van der Waals surface area contributed by atoms with E-state index in [1.54, 1.807) is 24.0 Å². The Kier molecular flexibility index (Phi) is 2.34. The molecule has 0 saturated heterocycles. The number of nitrogens with one attached hydrogen (secondary N) is 1. The Morgan fingerprint density at radius 1 is 1.47 bits per heavy atom. The Labute approximate surface area is 106 Å². The molecule has 7 heteroatoms. The van der Waals surface area contributed by atoms with Gasteiger partial charge < -0.3 is 10.1 Å². The molecule has 6 nitrogen and oxygen atoms in total. The van der Waals surface area contributed by atoms with E-state index in [0.29, 0.717) is 16.9 Å². The summed E-state index contributed by atoms with van der Waals surface area (Å²) in [5.74, 6) is -1.60. The minimum absolute atomic E-state index is 0.393. The lowest BCUT2D eigenvalue weighted by Gasteiger charge is -1.96. The van der Waals surface area contributed by atoms with Gasteiger partial charge in [0.2, 0.25) is 0 Å². The summed E-state index contributed by atoms with van der Waals surface area (Å²) in [5.41, 5.74) is 1.18. The van der Waals surface area contributed by atoms with Crippen molar-refractivity contribution >= 4 is 17.0 Å². The van der Waals surface area contributed by atoms with Gasteiger partial charge in [-0.1, -0.05) is 0 Å². The van der Waals surface area contributed by atoms with Crippen molar-refractivity contribution in [2.24, 2.45) is 7.05 Å². The van der Waals surface area contributed by atoms with Crippen LogP contribution in [0.15, 0.2) is 24.4 Å². The van der Waals surface area contributed by atoms with Crippen molar-refractivity contribution in [3.63, 3.8) is 0 Å². The van der Waals surface area contributed by atoms with Crippen LogP contribution < -0.4 is 0 Å². The third-order valence-corrected chi connectivity index (χ3v) is 2.86. The molecular formula is C12H9FN4O2. The normalized spacial score (nSPS) is 11.1. The number of halogens is 1. The average molecular weight is 260 g/mol. The Bertz CT molecular complexity index is 790. The van der Waals surface area contributed by atoms with E-state index in [9.17, 15) is 9.18 Å².